The summed E-state index contributed by atoms with van der Waals surface area (Å²) in [6.07, 6.45) is 0.158. The molecule has 3 aromatic carbocycles. The quantitative estimate of drug-likeness (QED) is 0.320. The second-order valence-electron chi connectivity index (χ2n) is 7.66. The minimum atomic E-state index is -1.27. The Hall–Kier alpha value is -5.10. The predicted molar refractivity (Wildman–Crippen MR) is 130 cm³/mol. The lowest BCUT2D eigenvalue weighted by Gasteiger charge is -2.08. The molecule has 0 fully saturated rings. The molecule has 2 amide bonds. The van der Waals surface area contributed by atoms with E-state index in [1.165, 1.54) is 18.2 Å². The molecule has 1 aromatic heterocycles. The maximum Gasteiger partial charge on any atom is 0.337 e. The minimum Gasteiger partial charge on any atom is -0.497 e. The lowest BCUT2D eigenvalue weighted by Crippen LogP contribution is -2.16. The second-order valence-corrected chi connectivity index (χ2v) is 7.66. The number of fused-ring (bicyclic) bond motifs is 1. The van der Waals surface area contributed by atoms with Crippen LogP contribution >= 0.6 is 0 Å². The van der Waals surface area contributed by atoms with Gasteiger partial charge in [0, 0.05) is 5.39 Å². The Labute approximate surface area is 200 Å². The highest BCUT2D eigenvalue weighted by molar-refractivity contribution is 6.10. The van der Waals surface area contributed by atoms with Crippen LogP contribution in [0.1, 0.15) is 32.0 Å². The molecule has 0 aliphatic heterocycles. The Morgan fingerprint density at radius 2 is 1.77 bits per heavy atom. The van der Waals surface area contributed by atoms with Crippen LogP contribution in [0.5, 0.6) is 5.75 Å². The van der Waals surface area contributed by atoms with Gasteiger partial charge in [-0.1, -0.05) is 24.3 Å². The van der Waals surface area contributed by atoms with Crippen molar-refractivity contribution in [2.24, 2.45) is 0 Å². The monoisotopic (exact) mass is 468 g/mol. The SMILES string of the molecule is COc1ccc(CC(=O)Nc2cccc3cc(C(=O)Nc4ccc(C#N)cc4C(=O)O)[nH]c23)cc1. The number of hydrogen-bond donors (Lipinski definition) is 4. The van der Waals surface area contributed by atoms with Crippen LogP contribution in [0.3, 0.4) is 0 Å². The fourth-order valence-corrected chi connectivity index (χ4v) is 3.60. The molecule has 0 aliphatic rings. The highest BCUT2D eigenvalue weighted by atomic mass is 16.5. The van der Waals surface area contributed by atoms with E-state index in [9.17, 15) is 19.5 Å². The van der Waals surface area contributed by atoms with Crippen molar-refractivity contribution in [3.8, 4) is 11.8 Å². The number of amides is 2. The van der Waals surface area contributed by atoms with Gasteiger partial charge in [-0.3, -0.25) is 9.59 Å². The molecule has 4 N–H and O–H groups in total. The summed E-state index contributed by atoms with van der Waals surface area (Å²) in [5.74, 6) is -1.36. The highest BCUT2D eigenvalue weighted by Crippen LogP contribution is 2.25. The number of benzene rings is 3. The van der Waals surface area contributed by atoms with Crippen LogP contribution in [0.4, 0.5) is 11.4 Å². The molecule has 0 saturated heterocycles. The van der Waals surface area contributed by atoms with E-state index >= 15 is 0 Å². The van der Waals surface area contributed by atoms with Gasteiger partial charge in [-0.15, -0.1) is 0 Å². The number of aromatic nitrogens is 1. The number of carbonyl (C=O) groups excluding carboxylic acids is 2. The number of ether oxygens (including phenoxy) is 1. The number of carboxylic acid groups (broad SMARTS) is 1. The van der Waals surface area contributed by atoms with Gasteiger partial charge in [0.05, 0.1) is 47.6 Å². The number of rotatable bonds is 7. The maximum absolute atomic E-state index is 12.8. The molecule has 4 rings (SSSR count). The molecule has 0 bridgehead atoms. The van der Waals surface area contributed by atoms with E-state index in [1.54, 1.807) is 43.5 Å². The number of nitrogens with zero attached hydrogens (tertiary/aromatic N) is 1. The third kappa shape index (κ3) is 5.12. The van der Waals surface area contributed by atoms with Crippen LogP contribution in [-0.4, -0.2) is 35.0 Å². The van der Waals surface area contributed by atoms with E-state index in [0.717, 1.165) is 5.56 Å². The molecule has 0 unspecified atom stereocenters. The van der Waals surface area contributed by atoms with Crippen LogP contribution in [0, 0.1) is 11.3 Å². The molecule has 9 heteroatoms. The Morgan fingerprint density at radius 1 is 1.00 bits per heavy atom. The molecule has 4 aromatic rings. The van der Waals surface area contributed by atoms with Crippen molar-refractivity contribution in [1.82, 2.24) is 4.98 Å². The summed E-state index contributed by atoms with van der Waals surface area (Å²) in [5.41, 5.74) is 2.09. The lowest BCUT2D eigenvalue weighted by atomic mass is 10.1. The number of carbonyl (C=O) groups is 3. The third-order valence-corrected chi connectivity index (χ3v) is 5.33. The van der Waals surface area contributed by atoms with E-state index in [0.29, 0.717) is 22.3 Å². The van der Waals surface area contributed by atoms with Gasteiger partial charge in [0.2, 0.25) is 5.91 Å². The molecular formula is C26H20N4O5. The van der Waals surface area contributed by atoms with Crippen molar-refractivity contribution in [2.75, 3.05) is 17.7 Å². The molecular weight excluding hydrogens is 448 g/mol. The summed E-state index contributed by atoms with van der Waals surface area (Å²) in [6, 6.07) is 19.9. The van der Waals surface area contributed by atoms with Gasteiger partial charge in [0.25, 0.3) is 5.91 Å². The van der Waals surface area contributed by atoms with Crippen LogP contribution in [0.25, 0.3) is 10.9 Å². The molecule has 0 atom stereocenters. The van der Waals surface area contributed by atoms with Crippen LogP contribution in [0.2, 0.25) is 0 Å². The van der Waals surface area contributed by atoms with Crippen molar-refractivity contribution in [3.63, 3.8) is 0 Å². The number of hydrogen-bond acceptors (Lipinski definition) is 5. The molecule has 0 radical (unpaired) electrons. The topological polar surface area (TPSA) is 144 Å². The third-order valence-electron chi connectivity index (χ3n) is 5.33. The van der Waals surface area contributed by atoms with E-state index in [1.807, 2.05) is 18.2 Å². The van der Waals surface area contributed by atoms with Gasteiger partial charge >= 0.3 is 5.97 Å². The average Bonchev–Trinajstić information content (AvgIpc) is 3.30. The summed E-state index contributed by atoms with van der Waals surface area (Å²) >= 11 is 0. The number of H-pyrrole nitrogens is 1. The maximum atomic E-state index is 12.8. The number of anilines is 2. The van der Waals surface area contributed by atoms with E-state index < -0.39 is 11.9 Å². The first kappa shape index (κ1) is 23.1. The van der Waals surface area contributed by atoms with Gasteiger partial charge < -0.3 is 25.5 Å². The van der Waals surface area contributed by atoms with Crippen molar-refractivity contribution in [1.29, 1.82) is 5.26 Å². The Bertz CT molecular complexity index is 1480. The predicted octanol–water partition coefficient (Wildman–Crippen LogP) is 4.18. The zero-order valence-corrected chi connectivity index (χ0v) is 18.6. The summed E-state index contributed by atoms with van der Waals surface area (Å²) in [7, 11) is 1.57. The molecule has 0 spiro atoms. The first-order chi connectivity index (χ1) is 16.9. The number of aromatic amines is 1. The van der Waals surface area contributed by atoms with Crippen molar-refractivity contribution in [3.05, 3.63) is 89.1 Å². The van der Waals surface area contributed by atoms with Crippen molar-refractivity contribution in [2.45, 2.75) is 6.42 Å². The van der Waals surface area contributed by atoms with Gasteiger partial charge in [0.1, 0.15) is 11.4 Å². The summed E-state index contributed by atoms with van der Waals surface area (Å²) < 4.78 is 5.13. The first-order valence-electron chi connectivity index (χ1n) is 10.5. The Balaban J connectivity index is 1.53. The number of methoxy groups -OCH3 is 1. The van der Waals surface area contributed by atoms with E-state index in [4.69, 9.17) is 10.00 Å². The largest absolute Gasteiger partial charge is 0.497 e. The van der Waals surface area contributed by atoms with Crippen molar-refractivity contribution >= 4 is 40.1 Å². The number of carboxylic acids is 1. The summed E-state index contributed by atoms with van der Waals surface area (Å²) in [5, 5.41) is 24.5. The average molecular weight is 468 g/mol. The van der Waals surface area contributed by atoms with Gasteiger partial charge in [-0.2, -0.15) is 5.26 Å². The smallest absolute Gasteiger partial charge is 0.337 e. The van der Waals surface area contributed by atoms with E-state index in [-0.39, 0.29) is 34.8 Å². The minimum absolute atomic E-state index is 0.0631. The van der Waals surface area contributed by atoms with Gasteiger partial charge in [-0.25, -0.2) is 4.79 Å². The van der Waals surface area contributed by atoms with Crippen LogP contribution in [-0.2, 0) is 11.2 Å². The number of nitrogens with one attached hydrogen (secondary N) is 3. The number of aromatic carboxylic acids is 1. The van der Waals surface area contributed by atoms with Gasteiger partial charge in [0.15, 0.2) is 0 Å². The fraction of sp³-hybridized carbons (Fsp3) is 0.0769. The Morgan fingerprint density at radius 3 is 2.46 bits per heavy atom. The normalized spacial score (nSPS) is 10.4. The summed E-state index contributed by atoms with van der Waals surface area (Å²) in [4.78, 5) is 40.0. The fourth-order valence-electron chi connectivity index (χ4n) is 3.60. The molecule has 35 heavy (non-hydrogen) atoms. The highest BCUT2D eigenvalue weighted by Gasteiger charge is 2.17. The van der Waals surface area contributed by atoms with Crippen molar-refractivity contribution < 1.29 is 24.2 Å². The summed E-state index contributed by atoms with van der Waals surface area (Å²) in [6.45, 7) is 0. The number of para-hydroxylation sites is 1. The second kappa shape index (κ2) is 9.80. The number of nitriles is 1. The zero-order valence-electron chi connectivity index (χ0n) is 18.6. The molecule has 0 saturated carbocycles. The molecule has 1 heterocycles. The molecule has 9 nitrogen and oxygen atoms in total. The van der Waals surface area contributed by atoms with E-state index in [2.05, 4.69) is 15.6 Å². The Kier molecular flexibility index (Phi) is 6.46. The zero-order chi connectivity index (χ0) is 24.9. The lowest BCUT2D eigenvalue weighted by molar-refractivity contribution is -0.115. The standard InChI is InChI=1S/C26H20N4O5/c1-35-18-8-5-15(6-9-18)12-23(31)28-21-4-2-3-17-13-22(29-24(17)21)25(32)30-20-10-7-16(14-27)11-19(20)26(33)34/h2-11,13,29H,12H2,1H3,(H,28,31)(H,30,32)(H,33,34). The van der Waals surface area contributed by atoms with Crippen LogP contribution < -0.4 is 15.4 Å². The molecule has 0 aliphatic carbocycles. The first-order valence-corrected chi connectivity index (χ1v) is 10.5. The van der Waals surface area contributed by atoms with Crippen LogP contribution in [0.15, 0.2) is 66.7 Å². The molecule has 174 valence electrons. The van der Waals surface area contributed by atoms with Gasteiger partial charge in [-0.05, 0) is 48.0 Å².